The summed E-state index contributed by atoms with van der Waals surface area (Å²) in [7, 11) is 1.73. The minimum absolute atomic E-state index is 0.110. The Balaban J connectivity index is 1.70. The number of benzodiazepines with no additional fused rings is 1. The van der Waals surface area contributed by atoms with E-state index < -0.39 is 6.17 Å². The molecule has 1 saturated carbocycles. The average molecular weight is 375 g/mol. The first-order chi connectivity index (χ1) is 13.5. The molecule has 2 aliphatic rings. The van der Waals surface area contributed by atoms with Crippen LogP contribution < -0.4 is 10.2 Å². The lowest BCUT2D eigenvalue weighted by Gasteiger charge is -2.22. The zero-order valence-corrected chi connectivity index (χ0v) is 16.3. The topological polar surface area (TPSA) is 61.8 Å². The van der Waals surface area contributed by atoms with Gasteiger partial charge in [-0.05, 0) is 18.4 Å². The maximum Gasteiger partial charge on any atom is 0.272 e. The number of carbonyl (C=O) groups is 2. The maximum atomic E-state index is 13.1. The van der Waals surface area contributed by atoms with Crippen molar-refractivity contribution in [2.45, 2.75) is 32.4 Å². The van der Waals surface area contributed by atoms with Crippen LogP contribution in [0.25, 0.3) is 0 Å². The summed E-state index contributed by atoms with van der Waals surface area (Å²) in [6.45, 7) is 1.93. The van der Waals surface area contributed by atoms with E-state index in [9.17, 15) is 9.59 Å². The van der Waals surface area contributed by atoms with Gasteiger partial charge in [0, 0.05) is 24.1 Å². The Morgan fingerprint density at radius 1 is 1.14 bits per heavy atom. The molecule has 4 rings (SSSR count). The van der Waals surface area contributed by atoms with E-state index in [1.165, 1.54) is 12.8 Å². The molecule has 2 amide bonds. The van der Waals surface area contributed by atoms with Crippen LogP contribution in [-0.4, -0.2) is 30.7 Å². The molecule has 0 unspecified atom stereocenters. The Bertz CT molecular complexity index is 918. The second kappa shape index (κ2) is 7.58. The fourth-order valence-electron chi connectivity index (χ4n) is 3.68. The first kappa shape index (κ1) is 18.4. The number of hydrogen-bond donors (Lipinski definition) is 1. The molecule has 0 bridgehead atoms. The van der Waals surface area contributed by atoms with Crippen LogP contribution in [-0.2, 0) is 9.59 Å². The maximum absolute atomic E-state index is 13.1. The predicted molar refractivity (Wildman–Crippen MR) is 110 cm³/mol. The molecule has 1 fully saturated rings. The van der Waals surface area contributed by atoms with Gasteiger partial charge in [-0.15, -0.1) is 0 Å². The number of nitrogens with one attached hydrogen (secondary N) is 1. The quantitative estimate of drug-likeness (QED) is 0.871. The van der Waals surface area contributed by atoms with Crippen molar-refractivity contribution < 1.29 is 9.59 Å². The van der Waals surface area contributed by atoms with Crippen molar-refractivity contribution in [2.24, 2.45) is 16.8 Å². The molecule has 0 saturated heterocycles. The largest absolute Gasteiger partial charge is 0.326 e. The number of rotatable bonds is 5. The third-order valence-electron chi connectivity index (χ3n) is 5.50. The van der Waals surface area contributed by atoms with Gasteiger partial charge in [-0.2, -0.15) is 0 Å². The molecule has 1 aliphatic heterocycles. The third kappa shape index (κ3) is 3.70. The summed E-state index contributed by atoms with van der Waals surface area (Å²) in [5.41, 5.74) is 3.31. The van der Waals surface area contributed by atoms with Gasteiger partial charge in [-0.3, -0.25) is 9.59 Å². The van der Waals surface area contributed by atoms with E-state index in [2.05, 4.69) is 5.32 Å². The van der Waals surface area contributed by atoms with Crippen LogP contribution in [0, 0.1) is 11.8 Å². The van der Waals surface area contributed by atoms with E-state index in [1.807, 2.05) is 61.5 Å². The van der Waals surface area contributed by atoms with Crippen LogP contribution in [0.15, 0.2) is 59.6 Å². The Morgan fingerprint density at radius 3 is 2.54 bits per heavy atom. The van der Waals surface area contributed by atoms with Gasteiger partial charge >= 0.3 is 0 Å². The fourth-order valence-corrected chi connectivity index (χ4v) is 3.68. The SMILES string of the molecule is C[C@@H](CC1CC1)C(=O)N[C@H]1N=C(c2ccccc2)c2ccccc2N(C)C1=O. The van der Waals surface area contributed by atoms with E-state index in [4.69, 9.17) is 4.99 Å². The molecule has 0 radical (unpaired) electrons. The van der Waals surface area contributed by atoms with Gasteiger partial charge in [0.1, 0.15) is 0 Å². The molecule has 1 N–H and O–H groups in total. The molecular formula is C23H25N3O2. The van der Waals surface area contributed by atoms with Crippen LogP contribution in [0.2, 0.25) is 0 Å². The molecule has 0 spiro atoms. The van der Waals surface area contributed by atoms with Crippen molar-refractivity contribution in [3.05, 3.63) is 65.7 Å². The molecule has 144 valence electrons. The number of nitrogens with zero attached hydrogens (tertiary/aromatic N) is 2. The number of amides is 2. The highest BCUT2D eigenvalue weighted by atomic mass is 16.2. The molecule has 1 aliphatic carbocycles. The Morgan fingerprint density at radius 2 is 1.82 bits per heavy atom. The van der Waals surface area contributed by atoms with Crippen molar-refractivity contribution in [1.29, 1.82) is 0 Å². The summed E-state index contributed by atoms with van der Waals surface area (Å²) in [5.74, 6) is 0.193. The summed E-state index contributed by atoms with van der Waals surface area (Å²) >= 11 is 0. The smallest absolute Gasteiger partial charge is 0.272 e. The lowest BCUT2D eigenvalue weighted by Crippen LogP contribution is -2.47. The van der Waals surface area contributed by atoms with E-state index in [0.29, 0.717) is 11.6 Å². The average Bonchev–Trinajstić information content (AvgIpc) is 3.54. The van der Waals surface area contributed by atoms with Crippen molar-refractivity contribution >= 4 is 23.2 Å². The Kier molecular flexibility index (Phi) is 4.99. The van der Waals surface area contributed by atoms with Crippen LogP contribution in [0.3, 0.4) is 0 Å². The van der Waals surface area contributed by atoms with Crippen molar-refractivity contribution in [1.82, 2.24) is 5.32 Å². The molecular weight excluding hydrogens is 350 g/mol. The molecule has 1 heterocycles. The number of likely N-dealkylation sites (N-methyl/N-ethyl adjacent to an activating group) is 1. The van der Waals surface area contributed by atoms with Gasteiger partial charge in [-0.1, -0.05) is 68.3 Å². The number of aliphatic imine (C=N–C) groups is 1. The second-order valence-electron chi connectivity index (χ2n) is 7.75. The molecule has 0 aromatic heterocycles. The van der Waals surface area contributed by atoms with Crippen LogP contribution in [0.1, 0.15) is 37.3 Å². The Hall–Kier alpha value is -2.95. The number of para-hydroxylation sites is 1. The molecule has 2 aromatic rings. The number of hydrogen-bond acceptors (Lipinski definition) is 3. The van der Waals surface area contributed by atoms with Crippen molar-refractivity contribution in [3.8, 4) is 0 Å². The van der Waals surface area contributed by atoms with Crippen LogP contribution in [0.5, 0.6) is 0 Å². The van der Waals surface area contributed by atoms with Gasteiger partial charge in [0.25, 0.3) is 5.91 Å². The number of anilines is 1. The highest BCUT2D eigenvalue weighted by Gasteiger charge is 2.33. The lowest BCUT2D eigenvalue weighted by molar-refractivity contribution is -0.129. The standard InChI is InChI=1S/C23H25N3O2/c1-15(14-16-12-13-16)22(27)25-21-23(28)26(2)19-11-7-6-10-18(19)20(24-21)17-8-4-3-5-9-17/h3-11,15-16,21H,12-14H2,1-2H3,(H,25,27)/t15-,21+/m0/s1. The van der Waals surface area contributed by atoms with E-state index in [0.717, 1.165) is 23.2 Å². The number of benzene rings is 2. The number of carbonyl (C=O) groups excluding carboxylic acids is 2. The molecule has 2 atom stereocenters. The minimum atomic E-state index is -0.929. The van der Waals surface area contributed by atoms with Gasteiger partial charge in [0.05, 0.1) is 11.4 Å². The minimum Gasteiger partial charge on any atom is -0.326 e. The highest BCUT2D eigenvalue weighted by Crippen LogP contribution is 2.35. The Labute approximate surface area is 165 Å². The zero-order chi connectivity index (χ0) is 19.7. The summed E-state index contributed by atoms with van der Waals surface area (Å²) < 4.78 is 0. The number of fused-ring (bicyclic) bond motifs is 1. The van der Waals surface area contributed by atoms with E-state index in [-0.39, 0.29) is 17.7 Å². The van der Waals surface area contributed by atoms with Gasteiger partial charge < -0.3 is 10.2 Å². The van der Waals surface area contributed by atoms with Gasteiger partial charge in [0.2, 0.25) is 12.1 Å². The first-order valence-electron chi connectivity index (χ1n) is 9.85. The normalized spacial score (nSPS) is 20.1. The zero-order valence-electron chi connectivity index (χ0n) is 16.3. The molecule has 28 heavy (non-hydrogen) atoms. The van der Waals surface area contributed by atoms with E-state index >= 15 is 0 Å². The first-order valence-corrected chi connectivity index (χ1v) is 9.85. The third-order valence-corrected chi connectivity index (χ3v) is 5.50. The van der Waals surface area contributed by atoms with Gasteiger partial charge in [0.15, 0.2) is 0 Å². The van der Waals surface area contributed by atoms with Crippen molar-refractivity contribution in [3.63, 3.8) is 0 Å². The molecule has 5 heteroatoms. The summed E-state index contributed by atoms with van der Waals surface area (Å²) in [6, 6.07) is 17.5. The highest BCUT2D eigenvalue weighted by molar-refractivity contribution is 6.20. The van der Waals surface area contributed by atoms with Crippen LogP contribution >= 0.6 is 0 Å². The van der Waals surface area contributed by atoms with Crippen molar-refractivity contribution in [2.75, 3.05) is 11.9 Å². The summed E-state index contributed by atoms with van der Waals surface area (Å²) in [6.07, 6.45) is 2.35. The van der Waals surface area contributed by atoms with E-state index in [1.54, 1.807) is 11.9 Å². The van der Waals surface area contributed by atoms with Crippen LogP contribution in [0.4, 0.5) is 5.69 Å². The molecule has 2 aromatic carbocycles. The summed E-state index contributed by atoms with van der Waals surface area (Å²) in [4.78, 5) is 32.1. The monoisotopic (exact) mass is 375 g/mol. The molecule has 5 nitrogen and oxygen atoms in total. The second-order valence-corrected chi connectivity index (χ2v) is 7.75. The predicted octanol–water partition coefficient (Wildman–Crippen LogP) is 3.38. The fraction of sp³-hybridized carbons (Fsp3) is 0.348. The lowest BCUT2D eigenvalue weighted by atomic mass is 10.0. The van der Waals surface area contributed by atoms with Gasteiger partial charge in [-0.25, -0.2) is 4.99 Å². The summed E-state index contributed by atoms with van der Waals surface area (Å²) in [5, 5.41) is 2.89.